The monoisotopic (exact) mass is 444 g/mol. The Kier molecular flexibility index (Phi) is 5.69. The van der Waals surface area contributed by atoms with E-state index in [1.165, 1.54) is 31.4 Å². The number of aromatic hydroxyl groups is 1. The standard InChI is InChI=1S/C20H16N2O6S2/c1-28-19-9-7-15(12-18(19)23)22-30(26,27)17-8-10-20(14(11-17)13-21)29(24,25)16-5-3-2-4-6-16/h2-12,22-23H,1H3. The Hall–Kier alpha value is -3.55. The van der Waals surface area contributed by atoms with Crippen LogP contribution in [0.15, 0.2) is 81.4 Å². The van der Waals surface area contributed by atoms with Gasteiger partial charge in [-0.3, -0.25) is 4.72 Å². The summed E-state index contributed by atoms with van der Waals surface area (Å²) >= 11 is 0. The maximum atomic E-state index is 12.8. The molecular weight excluding hydrogens is 428 g/mol. The van der Waals surface area contributed by atoms with E-state index in [1.807, 2.05) is 0 Å². The summed E-state index contributed by atoms with van der Waals surface area (Å²) in [5.41, 5.74) is -0.243. The Labute approximate surface area is 174 Å². The molecule has 0 saturated carbocycles. The number of sulfone groups is 1. The molecule has 0 aliphatic heterocycles. The molecule has 3 aromatic rings. The Morgan fingerprint density at radius 2 is 1.63 bits per heavy atom. The number of sulfonamides is 1. The molecule has 0 aliphatic rings. The first-order valence-electron chi connectivity index (χ1n) is 8.43. The first kappa shape index (κ1) is 21.2. The first-order chi connectivity index (χ1) is 14.2. The summed E-state index contributed by atoms with van der Waals surface area (Å²) in [4.78, 5) is -0.609. The van der Waals surface area contributed by atoms with E-state index in [0.717, 1.165) is 24.3 Å². The SMILES string of the molecule is COc1ccc(NS(=O)(=O)c2ccc(S(=O)(=O)c3ccccc3)c(C#N)c2)cc1O. The summed E-state index contributed by atoms with van der Waals surface area (Å²) in [6, 6.07) is 16.4. The highest BCUT2D eigenvalue weighted by Gasteiger charge is 2.24. The number of methoxy groups -OCH3 is 1. The molecular formula is C20H16N2O6S2. The second-order valence-electron chi connectivity index (χ2n) is 6.08. The lowest BCUT2D eigenvalue weighted by Gasteiger charge is -2.12. The minimum absolute atomic E-state index is 0.0102. The van der Waals surface area contributed by atoms with E-state index in [1.54, 1.807) is 24.3 Å². The van der Waals surface area contributed by atoms with Crippen molar-refractivity contribution in [1.29, 1.82) is 5.26 Å². The van der Waals surface area contributed by atoms with Crippen molar-refractivity contribution in [2.45, 2.75) is 14.7 Å². The predicted octanol–water partition coefficient (Wildman–Crippen LogP) is 2.91. The van der Waals surface area contributed by atoms with Crippen molar-refractivity contribution < 1.29 is 26.7 Å². The summed E-state index contributed by atoms with van der Waals surface area (Å²) in [7, 11) is -6.80. The fraction of sp³-hybridized carbons (Fsp3) is 0.0500. The van der Waals surface area contributed by atoms with Crippen LogP contribution in [0.1, 0.15) is 5.56 Å². The topological polar surface area (TPSA) is 134 Å². The van der Waals surface area contributed by atoms with Gasteiger partial charge in [-0.1, -0.05) is 18.2 Å². The first-order valence-corrected chi connectivity index (χ1v) is 11.4. The molecule has 10 heteroatoms. The van der Waals surface area contributed by atoms with Crippen LogP contribution in [0.4, 0.5) is 5.69 Å². The van der Waals surface area contributed by atoms with Crippen molar-refractivity contribution in [3.8, 4) is 17.6 Å². The fourth-order valence-corrected chi connectivity index (χ4v) is 5.18. The number of nitrogens with zero attached hydrogens (tertiary/aromatic N) is 1. The molecule has 0 radical (unpaired) electrons. The molecule has 30 heavy (non-hydrogen) atoms. The molecule has 154 valence electrons. The Bertz CT molecular complexity index is 1350. The molecule has 3 aromatic carbocycles. The van der Waals surface area contributed by atoms with Crippen LogP contribution >= 0.6 is 0 Å². The lowest BCUT2D eigenvalue weighted by molar-refractivity contribution is 0.373. The van der Waals surface area contributed by atoms with Crippen molar-refractivity contribution in [2.24, 2.45) is 0 Å². The van der Waals surface area contributed by atoms with Gasteiger partial charge in [0.1, 0.15) is 6.07 Å². The summed E-state index contributed by atoms with van der Waals surface area (Å²) in [6.45, 7) is 0. The lowest BCUT2D eigenvalue weighted by atomic mass is 10.2. The number of nitrogens with one attached hydrogen (secondary N) is 1. The third kappa shape index (κ3) is 4.07. The van der Waals surface area contributed by atoms with E-state index in [-0.39, 0.29) is 37.4 Å². The van der Waals surface area contributed by atoms with Crippen LogP contribution in [0.25, 0.3) is 0 Å². The third-order valence-corrected chi connectivity index (χ3v) is 7.36. The summed E-state index contributed by atoms with van der Waals surface area (Å²) in [6.07, 6.45) is 0. The smallest absolute Gasteiger partial charge is 0.261 e. The molecule has 2 N–H and O–H groups in total. The Balaban J connectivity index is 2.00. The fourth-order valence-electron chi connectivity index (χ4n) is 2.69. The van der Waals surface area contributed by atoms with Gasteiger partial charge in [-0.25, -0.2) is 16.8 Å². The minimum atomic E-state index is -4.16. The van der Waals surface area contributed by atoms with E-state index >= 15 is 0 Å². The molecule has 0 spiro atoms. The molecule has 8 nitrogen and oxygen atoms in total. The largest absolute Gasteiger partial charge is 0.504 e. The van der Waals surface area contributed by atoms with Gasteiger partial charge in [0.25, 0.3) is 10.0 Å². The van der Waals surface area contributed by atoms with Gasteiger partial charge < -0.3 is 9.84 Å². The number of hydrogen-bond donors (Lipinski definition) is 2. The van der Waals surface area contributed by atoms with Crippen molar-refractivity contribution in [2.75, 3.05) is 11.8 Å². The van der Waals surface area contributed by atoms with Crippen LogP contribution in [0, 0.1) is 11.3 Å². The van der Waals surface area contributed by atoms with Crippen LogP contribution in [-0.4, -0.2) is 29.1 Å². The number of phenolic OH excluding ortho intramolecular Hbond substituents is 1. The highest BCUT2D eigenvalue weighted by atomic mass is 32.2. The zero-order valence-electron chi connectivity index (χ0n) is 15.6. The lowest BCUT2D eigenvalue weighted by Crippen LogP contribution is -2.14. The number of hydrogen-bond acceptors (Lipinski definition) is 7. The average Bonchev–Trinajstić information content (AvgIpc) is 2.73. The molecule has 0 fully saturated rings. The molecule has 0 amide bonds. The number of benzene rings is 3. The van der Waals surface area contributed by atoms with Gasteiger partial charge in [0.2, 0.25) is 9.84 Å². The normalized spacial score (nSPS) is 11.5. The van der Waals surface area contributed by atoms with Crippen LogP contribution in [0.2, 0.25) is 0 Å². The second kappa shape index (κ2) is 8.06. The van der Waals surface area contributed by atoms with Gasteiger partial charge in [-0.05, 0) is 42.5 Å². The van der Waals surface area contributed by atoms with Gasteiger partial charge >= 0.3 is 0 Å². The molecule has 0 aromatic heterocycles. The highest BCUT2D eigenvalue weighted by molar-refractivity contribution is 7.93. The molecule has 3 rings (SSSR count). The number of phenols is 1. The van der Waals surface area contributed by atoms with Gasteiger partial charge in [-0.2, -0.15) is 5.26 Å². The Morgan fingerprint density at radius 1 is 0.933 bits per heavy atom. The maximum Gasteiger partial charge on any atom is 0.261 e. The highest BCUT2D eigenvalue weighted by Crippen LogP contribution is 2.30. The van der Waals surface area contributed by atoms with Gasteiger partial charge in [-0.15, -0.1) is 0 Å². The van der Waals surface area contributed by atoms with E-state index < -0.39 is 19.9 Å². The van der Waals surface area contributed by atoms with E-state index in [2.05, 4.69) is 4.72 Å². The van der Waals surface area contributed by atoms with Crippen molar-refractivity contribution in [3.05, 3.63) is 72.3 Å². The molecule has 0 saturated heterocycles. The average molecular weight is 444 g/mol. The van der Waals surface area contributed by atoms with Crippen molar-refractivity contribution in [1.82, 2.24) is 0 Å². The summed E-state index contributed by atoms with van der Waals surface area (Å²) in [5, 5.41) is 19.2. The number of rotatable bonds is 6. The number of ether oxygens (including phenoxy) is 1. The zero-order chi connectivity index (χ0) is 21.9. The van der Waals surface area contributed by atoms with Crippen molar-refractivity contribution >= 4 is 25.5 Å². The van der Waals surface area contributed by atoms with Crippen LogP contribution in [0.3, 0.4) is 0 Å². The van der Waals surface area contributed by atoms with Gasteiger partial charge in [0.05, 0.1) is 33.0 Å². The number of nitriles is 1. The van der Waals surface area contributed by atoms with Crippen LogP contribution in [-0.2, 0) is 19.9 Å². The van der Waals surface area contributed by atoms with E-state index in [4.69, 9.17) is 4.74 Å². The van der Waals surface area contributed by atoms with Crippen LogP contribution < -0.4 is 9.46 Å². The van der Waals surface area contributed by atoms with E-state index in [9.17, 15) is 27.2 Å². The minimum Gasteiger partial charge on any atom is -0.504 e. The molecule has 0 aliphatic carbocycles. The van der Waals surface area contributed by atoms with Gasteiger partial charge in [0.15, 0.2) is 11.5 Å². The predicted molar refractivity (Wildman–Crippen MR) is 109 cm³/mol. The molecule has 0 unspecified atom stereocenters. The molecule has 0 bridgehead atoms. The zero-order valence-corrected chi connectivity index (χ0v) is 17.2. The molecule has 0 atom stereocenters. The second-order valence-corrected chi connectivity index (χ2v) is 9.68. The van der Waals surface area contributed by atoms with E-state index in [0.29, 0.717) is 0 Å². The molecule has 0 heterocycles. The third-order valence-electron chi connectivity index (χ3n) is 4.16. The summed E-state index contributed by atoms with van der Waals surface area (Å²) in [5.74, 6) is -0.0973. The summed E-state index contributed by atoms with van der Waals surface area (Å²) < 4.78 is 58.2. The quantitative estimate of drug-likeness (QED) is 0.597. The van der Waals surface area contributed by atoms with Crippen LogP contribution in [0.5, 0.6) is 11.5 Å². The van der Waals surface area contributed by atoms with Gasteiger partial charge in [0, 0.05) is 6.07 Å². The number of anilines is 1. The van der Waals surface area contributed by atoms with Crippen molar-refractivity contribution in [3.63, 3.8) is 0 Å². The Morgan fingerprint density at radius 3 is 2.23 bits per heavy atom. The maximum absolute atomic E-state index is 12.8.